The molecule has 2 N–H and O–H groups in total. The van der Waals surface area contributed by atoms with Crippen molar-refractivity contribution in [2.75, 3.05) is 0 Å². The molecule has 0 saturated heterocycles. The highest BCUT2D eigenvalue weighted by molar-refractivity contribution is 5.84. The third-order valence-electron chi connectivity index (χ3n) is 3.49. The normalized spacial score (nSPS) is 10.7. The number of aliphatic carboxylic acids is 1. The first-order chi connectivity index (χ1) is 11.6. The molecule has 0 radical (unpaired) electrons. The minimum atomic E-state index is -1.22. The molecule has 3 aromatic rings. The first-order valence-corrected chi connectivity index (χ1v) is 7.18. The third-order valence-corrected chi connectivity index (χ3v) is 3.49. The van der Waals surface area contributed by atoms with Crippen molar-refractivity contribution in [2.45, 2.75) is 13.0 Å². The van der Waals surface area contributed by atoms with Crippen LogP contribution in [0.4, 0.5) is 0 Å². The number of carboxylic acid groups (broad SMARTS) is 1. The molecule has 0 aliphatic rings. The van der Waals surface area contributed by atoms with E-state index in [1.807, 2.05) is 30.3 Å². The molecule has 0 atom stereocenters. The van der Waals surface area contributed by atoms with Gasteiger partial charge in [-0.15, -0.1) is 4.73 Å². The van der Waals surface area contributed by atoms with Crippen LogP contribution >= 0.6 is 0 Å². The Morgan fingerprint density at radius 1 is 1.17 bits per heavy atom. The second-order valence-electron chi connectivity index (χ2n) is 5.13. The van der Waals surface area contributed by atoms with E-state index in [9.17, 15) is 14.7 Å². The van der Waals surface area contributed by atoms with E-state index in [0.29, 0.717) is 0 Å². The Labute approximate surface area is 136 Å². The van der Waals surface area contributed by atoms with Crippen molar-refractivity contribution < 1.29 is 19.8 Å². The first-order valence-electron chi connectivity index (χ1n) is 7.18. The minimum Gasteiger partial charge on any atom is -0.507 e. The maximum Gasteiger partial charge on any atom is 0.308 e. The highest BCUT2D eigenvalue weighted by Gasteiger charge is 2.20. The number of aromatic nitrogens is 2. The molecule has 0 amide bonds. The minimum absolute atomic E-state index is 0.101. The summed E-state index contributed by atoms with van der Waals surface area (Å²) in [5, 5.41) is 19.4. The summed E-state index contributed by atoms with van der Waals surface area (Å²) < 4.78 is 0.931. The molecular formula is C17H14N2O5. The van der Waals surface area contributed by atoms with Crippen molar-refractivity contribution in [3.05, 3.63) is 70.1 Å². The maximum absolute atomic E-state index is 12.5. The molecule has 0 fully saturated rings. The van der Waals surface area contributed by atoms with Gasteiger partial charge >= 0.3 is 5.97 Å². The zero-order valence-electron chi connectivity index (χ0n) is 12.5. The standard InChI is InChI=1S/C17H14N2O5/c20-14(21)9-13-15(22)12-7-4-8-18-16(12)19(17(13)23)24-10-11-5-2-1-3-6-11/h1-8,22H,9-10H2,(H,20,21). The number of rotatable bonds is 5. The molecule has 0 aliphatic heterocycles. The molecular weight excluding hydrogens is 312 g/mol. The molecule has 0 saturated carbocycles. The van der Waals surface area contributed by atoms with E-state index >= 15 is 0 Å². The van der Waals surface area contributed by atoms with Gasteiger partial charge in [0.05, 0.1) is 17.4 Å². The van der Waals surface area contributed by atoms with Gasteiger partial charge in [-0.1, -0.05) is 30.3 Å². The smallest absolute Gasteiger partial charge is 0.308 e. The quantitative estimate of drug-likeness (QED) is 0.734. The monoisotopic (exact) mass is 326 g/mol. The highest BCUT2D eigenvalue weighted by Crippen LogP contribution is 2.24. The number of carboxylic acids is 1. The first kappa shape index (κ1) is 15.5. The van der Waals surface area contributed by atoms with Crippen molar-refractivity contribution in [1.82, 2.24) is 9.71 Å². The summed E-state index contributed by atoms with van der Waals surface area (Å²) in [5.74, 6) is -1.61. The van der Waals surface area contributed by atoms with Crippen LogP contribution in [-0.4, -0.2) is 25.9 Å². The number of benzene rings is 1. The lowest BCUT2D eigenvalue weighted by molar-refractivity contribution is -0.136. The van der Waals surface area contributed by atoms with Crippen LogP contribution in [0, 0.1) is 0 Å². The van der Waals surface area contributed by atoms with Gasteiger partial charge in [0.15, 0.2) is 5.65 Å². The predicted molar refractivity (Wildman–Crippen MR) is 85.7 cm³/mol. The molecule has 1 aromatic carbocycles. The van der Waals surface area contributed by atoms with Crippen molar-refractivity contribution >= 4 is 17.0 Å². The largest absolute Gasteiger partial charge is 0.507 e. The van der Waals surface area contributed by atoms with E-state index in [1.165, 1.54) is 6.20 Å². The fourth-order valence-electron chi connectivity index (χ4n) is 2.37. The van der Waals surface area contributed by atoms with Gasteiger partial charge in [0.2, 0.25) is 0 Å². The topological polar surface area (TPSA) is 102 Å². The molecule has 3 rings (SSSR count). The molecule has 24 heavy (non-hydrogen) atoms. The maximum atomic E-state index is 12.5. The SMILES string of the molecule is O=C(O)Cc1c(O)c2cccnc2n(OCc2ccccc2)c1=O. The summed E-state index contributed by atoms with van der Waals surface area (Å²) in [6, 6.07) is 12.3. The third kappa shape index (κ3) is 2.91. The summed E-state index contributed by atoms with van der Waals surface area (Å²) in [4.78, 5) is 33.1. The lowest BCUT2D eigenvalue weighted by Crippen LogP contribution is -2.31. The highest BCUT2D eigenvalue weighted by atomic mass is 16.7. The van der Waals surface area contributed by atoms with Gasteiger partial charge in [-0.3, -0.25) is 9.59 Å². The summed E-state index contributed by atoms with van der Waals surface area (Å²) in [6.07, 6.45) is 0.852. The van der Waals surface area contributed by atoms with Crippen molar-refractivity contribution in [2.24, 2.45) is 0 Å². The average Bonchev–Trinajstić information content (AvgIpc) is 2.59. The summed E-state index contributed by atoms with van der Waals surface area (Å²) in [5.41, 5.74) is -0.0143. The van der Waals surface area contributed by atoms with E-state index in [1.54, 1.807) is 12.1 Å². The molecule has 0 spiro atoms. The number of hydrogen-bond acceptors (Lipinski definition) is 5. The second-order valence-corrected chi connectivity index (χ2v) is 5.13. The summed E-state index contributed by atoms with van der Waals surface area (Å²) in [6.45, 7) is 0.101. The van der Waals surface area contributed by atoms with Gasteiger partial charge in [-0.05, 0) is 17.7 Å². The Morgan fingerprint density at radius 2 is 1.92 bits per heavy atom. The van der Waals surface area contributed by atoms with Crippen LogP contribution in [-0.2, 0) is 17.8 Å². The fourth-order valence-corrected chi connectivity index (χ4v) is 2.37. The van der Waals surface area contributed by atoms with Crippen LogP contribution in [0.1, 0.15) is 11.1 Å². The Kier molecular flexibility index (Phi) is 4.15. The Bertz CT molecular complexity index is 950. The predicted octanol–water partition coefficient (Wildman–Crippen LogP) is 1.36. The van der Waals surface area contributed by atoms with Crippen LogP contribution in [0.3, 0.4) is 0 Å². The van der Waals surface area contributed by atoms with Crippen molar-refractivity contribution in [3.8, 4) is 5.75 Å². The molecule has 0 unspecified atom stereocenters. The number of nitrogens with zero attached hydrogens (tertiary/aromatic N) is 2. The summed E-state index contributed by atoms with van der Waals surface area (Å²) >= 11 is 0. The van der Waals surface area contributed by atoms with Gasteiger partial charge in [-0.2, -0.15) is 0 Å². The van der Waals surface area contributed by atoms with Crippen LogP contribution in [0.15, 0.2) is 53.5 Å². The van der Waals surface area contributed by atoms with Crippen LogP contribution in [0.5, 0.6) is 5.75 Å². The average molecular weight is 326 g/mol. The second kappa shape index (κ2) is 6.41. The number of hydrogen-bond donors (Lipinski definition) is 2. The van der Waals surface area contributed by atoms with E-state index < -0.39 is 17.9 Å². The van der Waals surface area contributed by atoms with Crippen LogP contribution < -0.4 is 10.4 Å². The summed E-state index contributed by atoms with van der Waals surface area (Å²) in [7, 11) is 0. The lowest BCUT2D eigenvalue weighted by Gasteiger charge is -2.14. The van der Waals surface area contributed by atoms with E-state index in [-0.39, 0.29) is 29.0 Å². The molecule has 0 bridgehead atoms. The lowest BCUT2D eigenvalue weighted by atomic mass is 10.1. The molecule has 7 nitrogen and oxygen atoms in total. The van der Waals surface area contributed by atoms with E-state index in [2.05, 4.69) is 4.98 Å². The fraction of sp³-hybridized carbons (Fsp3) is 0.118. The Morgan fingerprint density at radius 3 is 2.62 bits per heavy atom. The van der Waals surface area contributed by atoms with Gasteiger partial charge in [0.25, 0.3) is 5.56 Å². The molecule has 0 aliphatic carbocycles. The zero-order valence-corrected chi connectivity index (χ0v) is 12.5. The van der Waals surface area contributed by atoms with Gasteiger partial charge in [0.1, 0.15) is 12.4 Å². The van der Waals surface area contributed by atoms with Crippen LogP contribution in [0.25, 0.3) is 11.0 Å². The van der Waals surface area contributed by atoms with Crippen molar-refractivity contribution in [3.63, 3.8) is 0 Å². The molecule has 122 valence electrons. The molecule has 2 heterocycles. The molecule has 7 heteroatoms. The number of fused-ring (bicyclic) bond motifs is 1. The Hall–Kier alpha value is -3.35. The number of aromatic hydroxyl groups is 1. The van der Waals surface area contributed by atoms with E-state index in [4.69, 9.17) is 9.94 Å². The van der Waals surface area contributed by atoms with Gasteiger partial charge in [0, 0.05) is 6.20 Å². The van der Waals surface area contributed by atoms with Crippen molar-refractivity contribution in [1.29, 1.82) is 0 Å². The number of carbonyl (C=O) groups is 1. The van der Waals surface area contributed by atoms with Crippen LogP contribution in [0.2, 0.25) is 0 Å². The zero-order chi connectivity index (χ0) is 17.1. The number of pyridine rings is 2. The molecule has 2 aromatic heterocycles. The van der Waals surface area contributed by atoms with Gasteiger partial charge < -0.3 is 15.1 Å². The van der Waals surface area contributed by atoms with E-state index in [0.717, 1.165) is 10.3 Å². The van der Waals surface area contributed by atoms with Gasteiger partial charge in [-0.25, -0.2) is 4.98 Å². The Balaban J connectivity index is 2.11.